The number of hydrogen-bond acceptors (Lipinski definition) is 9. The van der Waals surface area contributed by atoms with E-state index >= 15 is 0 Å². The summed E-state index contributed by atoms with van der Waals surface area (Å²) in [6.07, 6.45) is -5.51. The fraction of sp³-hybridized carbons (Fsp3) is 0.714. The van der Waals surface area contributed by atoms with Gasteiger partial charge in [0.25, 0.3) is 0 Å². The maximum absolute atomic E-state index is 11.4. The number of carbonyl (C=O) groups is 4. The molecular weight excluding hydrogens is 312 g/mol. The summed E-state index contributed by atoms with van der Waals surface area (Å²) < 4.78 is 25.7. The molecule has 5 atom stereocenters. The van der Waals surface area contributed by atoms with Gasteiger partial charge in [0.1, 0.15) is 0 Å². The van der Waals surface area contributed by atoms with E-state index in [1.807, 2.05) is 0 Å². The monoisotopic (exact) mass is 332 g/mol. The zero-order valence-corrected chi connectivity index (χ0v) is 13.6. The Hall–Kier alpha value is -2.16. The van der Waals surface area contributed by atoms with Crippen molar-refractivity contribution in [1.82, 2.24) is 0 Å². The highest BCUT2D eigenvalue weighted by Gasteiger charge is 2.51. The van der Waals surface area contributed by atoms with Crippen LogP contribution in [0, 0.1) is 0 Å². The van der Waals surface area contributed by atoms with E-state index in [4.69, 9.17) is 23.7 Å². The van der Waals surface area contributed by atoms with Gasteiger partial charge in [0.2, 0.25) is 12.4 Å². The molecule has 23 heavy (non-hydrogen) atoms. The highest BCUT2D eigenvalue weighted by atomic mass is 16.7. The van der Waals surface area contributed by atoms with Crippen LogP contribution in [-0.4, -0.2) is 54.6 Å². The standard InChI is InChI=1S/C14H20O9/c1-6-11(20-7(2)15)12(21-8(3)16)13(22-9(4)17)14(19-6)23-10(5)18/h6,11-14H,1-5H3/t6-,11+,12-,13-,14-/m0/s1. The molecule has 130 valence electrons. The SMILES string of the molecule is CC(=O)O[C@@H]1O[C@@H](C)[C@@H](OC(C)=O)[C@H](OC(C)=O)[C@@H]1OC(C)=O. The molecule has 0 radical (unpaired) electrons. The Kier molecular flexibility index (Phi) is 6.49. The van der Waals surface area contributed by atoms with E-state index in [1.165, 1.54) is 6.92 Å². The van der Waals surface area contributed by atoms with Gasteiger partial charge in [-0.2, -0.15) is 0 Å². The summed E-state index contributed by atoms with van der Waals surface area (Å²) in [5.41, 5.74) is 0. The summed E-state index contributed by atoms with van der Waals surface area (Å²) in [5.74, 6) is -2.69. The Morgan fingerprint density at radius 3 is 1.48 bits per heavy atom. The molecule has 0 N–H and O–H groups in total. The quantitative estimate of drug-likeness (QED) is 0.521. The predicted octanol–water partition coefficient (Wildman–Crippen LogP) is 0.0894. The van der Waals surface area contributed by atoms with Crippen LogP contribution in [0.4, 0.5) is 0 Å². The minimum atomic E-state index is -1.29. The maximum atomic E-state index is 11.4. The molecule has 0 aliphatic carbocycles. The molecule has 1 saturated heterocycles. The summed E-state index contributed by atoms with van der Waals surface area (Å²) in [7, 11) is 0. The van der Waals surface area contributed by atoms with Gasteiger partial charge in [-0.15, -0.1) is 0 Å². The van der Waals surface area contributed by atoms with Crippen LogP contribution in [0.3, 0.4) is 0 Å². The van der Waals surface area contributed by atoms with Crippen molar-refractivity contribution in [2.45, 2.75) is 65.3 Å². The van der Waals surface area contributed by atoms with Crippen molar-refractivity contribution >= 4 is 23.9 Å². The first-order chi connectivity index (χ1) is 10.6. The van der Waals surface area contributed by atoms with Crippen LogP contribution in [-0.2, 0) is 42.9 Å². The third kappa shape index (κ3) is 5.51. The summed E-state index contributed by atoms with van der Waals surface area (Å²) in [6.45, 7) is 6.16. The summed E-state index contributed by atoms with van der Waals surface area (Å²) in [6, 6.07) is 0. The maximum Gasteiger partial charge on any atom is 0.305 e. The van der Waals surface area contributed by atoms with Gasteiger partial charge >= 0.3 is 23.9 Å². The first-order valence-corrected chi connectivity index (χ1v) is 6.96. The summed E-state index contributed by atoms with van der Waals surface area (Å²) in [4.78, 5) is 45.1. The van der Waals surface area contributed by atoms with Gasteiger partial charge in [-0.05, 0) is 6.92 Å². The van der Waals surface area contributed by atoms with Crippen molar-refractivity contribution in [2.75, 3.05) is 0 Å². The summed E-state index contributed by atoms with van der Waals surface area (Å²) >= 11 is 0. The van der Waals surface area contributed by atoms with Gasteiger partial charge in [0, 0.05) is 27.7 Å². The molecule has 9 heteroatoms. The minimum Gasteiger partial charge on any atom is -0.456 e. The first-order valence-electron chi connectivity index (χ1n) is 6.96. The van der Waals surface area contributed by atoms with Gasteiger partial charge in [-0.3, -0.25) is 19.2 Å². The largest absolute Gasteiger partial charge is 0.456 e. The third-order valence-electron chi connectivity index (χ3n) is 2.92. The number of ether oxygens (including phenoxy) is 5. The smallest absolute Gasteiger partial charge is 0.305 e. The van der Waals surface area contributed by atoms with E-state index < -0.39 is 54.6 Å². The Bertz CT molecular complexity index is 487. The zero-order chi connectivity index (χ0) is 17.7. The first kappa shape index (κ1) is 18.9. The Balaban J connectivity index is 3.15. The molecule has 0 saturated carbocycles. The molecule has 0 aromatic carbocycles. The van der Waals surface area contributed by atoms with Crippen LogP contribution >= 0.6 is 0 Å². The second-order valence-electron chi connectivity index (χ2n) is 5.04. The molecule has 0 bridgehead atoms. The van der Waals surface area contributed by atoms with E-state index in [0.717, 1.165) is 20.8 Å². The van der Waals surface area contributed by atoms with Crippen molar-refractivity contribution in [3.63, 3.8) is 0 Å². The normalized spacial score (nSPS) is 30.0. The average Bonchev–Trinajstić information content (AvgIpc) is 2.36. The lowest BCUT2D eigenvalue weighted by atomic mass is 9.99. The molecule has 0 unspecified atom stereocenters. The number of carbonyl (C=O) groups excluding carboxylic acids is 4. The predicted molar refractivity (Wildman–Crippen MR) is 72.8 cm³/mol. The second kappa shape index (κ2) is 7.91. The van der Waals surface area contributed by atoms with Crippen molar-refractivity contribution < 1.29 is 42.9 Å². The zero-order valence-electron chi connectivity index (χ0n) is 13.6. The molecule has 0 amide bonds. The highest BCUT2D eigenvalue weighted by molar-refractivity contribution is 5.69. The van der Waals surface area contributed by atoms with Crippen LogP contribution in [0.25, 0.3) is 0 Å². The number of rotatable bonds is 4. The molecule has 0 aromatic rings. The fourth-order valence-corrected chi connectivity index (χ4v) is 2.23. The van der Waals surface area contributed by atoms with Crippen LogP contribution in [0.2, 0.25) is 0 Å². The lowest BCUT2D eigenvalue weighted by molar-refractivity contribution is -0.292. The third-order valence-corrected chi connectivity index (χ3v) is 2.92. The fourth-order valence-electron chi connectivity index (χ4n) is 2.23. The summed E-state index contributed by atoms with van der Waals surface area (Å²) in [5, 5.41) is 0. The van der Waals surface area contributed by atoms with Crippen molar-refractivity contribution in [3.05, 3.63) is 0 Å². The number of esters is 4. The van der Waals surface area contributed by atoms with E-state index in [0.29, 0.717) is 0 Å². The highest BCUT2D eigenvalue weighted by Crippen LogP contribution is 2.29. The lowest BCUT2D eigenvalue weighted by Crippen LogP contribution is -2.61. The topological polar surface area (TPSA) is 114 Å². The van der Waals surface area contributed by atoms with E-state index in [2.05, 4.69) is 0 Å². The molecule has 1 rings (SSSR count). The Morgan fingerprint density at radius 2 is 1.04 bits per heavy atom. The molecule has 1 fully saturated rings. The molecule has 0 spiro atoms. The number of hydrogen-bond donors (Lipinski definition) is 0. The van der Waals surface area contributed by atoms with Gasteiger partial charge in [-0.1, -0.05) is 0 Å². The molecule has 1 aliphatic rings. The minimum absolute atomic E-state index is 0.630. The van der Waals surface area contributed by atoms with Crippen molar-refractivity contribution in [2.24, 2.45) is 0 Å². The van der Waals surface area contributed by atoms with Crippen molar-refractivity contribution in [1.29, 1.82) is 0 Å². The van der Waals surface area contributed by atoms with Gasteiger partial charge in [0.15, 0.2) is 12.2 Å². The van der Waals surface area contributed by atoms with Gasteiger partial charge < -0.3 is 23.7 Å². The molecule has 9 nitrogen and oxygen atoms in total. The van der Waals surface area contributed by atoms with Crippen LogP contribution in [0.15, 0.2) is 0 Å². The molecular formula is C14H20O9. The average molecular weight is 332 g/mol. The van der Waals surface area contributed by atoms with Gasteiger partial charge in [0.05, 0.1) is 6.10 Å². The van der Waals surface area contributed by atoms with Crippen molar-refractivity contribution in [3.8, 4) is 0 Å². The second-order valence-corrected chi connectivity index (χ2v) is 5.04. The van der Waals surface area contributed by atoms with Gasteiger partial charge in [-0.25, -0.2) is 0 Å². The Morgan fingerprint density at radius 1 is 0.652 bits per heavy atom. The van der Waals surface area contributed by atoms with E-state index in [-0.39, 0.29) is 0 Å². The molecule has 1 aliphatic heterocycles. The van der Waals surface area contributed by atoms with E-state index in [1.54, 1.807) is 6.92 Å². The lowest BCUT2D eigenvalue weighted by Gasteiger charge is -2.42. The van der Waals surface area contributed by atoms with Crippen LogP contribution in [0.5, 0.6) is 0 Å². The van der Waals surface area contributed by atoms with Crippen LogP contribution < -0.4 is 0 Å². The Labute approximate surface area is 133 Å². The molecule has 0 aromatic heterocycles. The molecule has 1 heterocycles. The van der Waals surface area contributed by atoms with Crippen LogP contribution in [0.1, 0.15) is 34.6 Å². The van der Waals surface area contributed by atoms with E-state index in [9.17, 15) is 19.2 Å².